The number of methoxy groups -OCH3 is 2. The van der Waals surface area contributed by atoms with Gasteiger partial charge in [-0.25, -0.2) is 16.8 Å². The number of thioether (sulfide) groups is 3. The Morgan fingerprint density at radius 3 is 2.21 bits per heavy atom. The highest BCUT2D eigenvalue weighted by Gasteiger charge is 2.27. The van der Waals surface area contributed by atoms with Gasteiger partial charge in [0.05, 0.1) is 61.0 Å². The molecule has 1 aliphatic heterocycles. The number of ether oxygens (including phenoxy) is 2. The number of allylic oxidation sites excluding steroid dienone is 4. The lowest BCUT2D eigenvalue weighted by atomic mass is 10.1. The SMILES string of the molecule is CCC(/C=C/c1sc2cc(SC)c(OC)cc2[n+]1CCCS(=O)(=O)[O-])=C\C=C1/Sc2cc(SC)c(OC)cc2N1CCCS(=O)(=O)[O-]. The topological polar surface area (TPSA) is 140 Å². The Kier molecular flexibility index (Phi) is 13.2. The van der Waals surface area contributed by atoms with Crippen molar-refractivity contribution in [2.75, 3.05) is 49.7 Å². The second kappa shape index (κ2) is 16.5. The van der Waals surface area contributed by atoms with Crippen molar-refractivity contribution >= 4 is 88.8 Å². The zero-order valence-electron chi connectivity index (χ0n) is 26.7. The highest BCUT2D eigenvalue weighted by Crippen LogP contribution is 2.50. The van der Waals surface area contributed by atoms with Crippen molar-refractivity contribution in [1.29, 1.82) is 0 Å². The lowest BCUT2D eigenvalue weighted by Gasteiger charge is -2.21. The van der Waals surface area contributed by atoms with Gasteiger partial charge in [0.1, 0.15) is 16.2 Å². The summed E-state index contributed by atoms with van der Waals surface area (Å²) in [7, 11) is -5.45. The third-order valence-electron chi connectivity index (χ3n) is 7.31. The molecule has 4 rings (SSSR count). The van der Waals surface area contributed by atoms with E-state index >= 15 is 0 Å². The molecular formula is C31H37N2O8S6-. The Hall–Kier alpha value is -2.18. The summed E-state index contributed by atoms with van der Waals surface area (Å²) in [5.74, 6) is 0.545. The summed E-state index contributed by atoms with van der Waals surface area (Å²) in [6.45, 7) is 2.75. The van der Waals surface area contributed by atoms with Gasteiger partial charge in [-0.1, -0.05) is 42.2 Å². The molecule has 47 heavy (non-hydrogen) atoms. The summed E-state index contributed by atoms with van der Waals surface area (Å²) in [6, 6.07) is 8.01. The third kappa shape index (κ3) is 9.94. The Morgan fingerprint density at radius 2 is 1.60 bits per heavy atom. The minimum Gasteiger partial charge on any atom is -0.748 e. The molecule has 0 amide bonds. The van der Waals surface area contributed by atoms with Gasteiger partial charge in [0, 0.05) is 41.5 Å². The van der Waals surface area contributed by atoms with E-state index in [1.54, 1.807) is 60.8 Å². The molecular weight excluding hydrogens is 721 g/mol. The van der Waals surface area contributed by atoms with Crippen LogP contribution < -0.4 is 18.9 Å². The predicted octanol–water partition coefficient (Wildman–Crippen LogP) is 6.32. The van der Waals surface area contributed by atoms with E-state index in [-0.39, 0.29) is 12.8 Å². The second-order valence-corrected chi connectivity index (χ2v) is 17.2. The normalized spacial score (nSPS) is 14.9. The molecule has 0 saturated heterocycles. The largest absolute Gasteiger partial charge is 0.748 e. The standard InChI is InChI=1S/C31H38N2O8S6/c1-6-21(9-11-30-32(13-7-15-46(34,35)36)22-17-24(40-2)28(42-4)19-26(22)44-30)10-12-31-33(14-8-16-47(37,38)39)23-18-25(41-3)29(43-5)20-27(23)45-31/h9-12,17-20H,6-8,13-16H2,1-5H3,(H-,34,35,36,37,38,39)/p-1. The zero-order valence-corrected chi connectivity index (χ0v) is 31.6. The number of aryl methyl sites for hydroxylation is 1. The van der Waals surface area contributed by atoms with Gasteiger partial charge in [0.15, 0.2) is 6.54 Å². The fourth-order valence-corrected chi connectivity index (χ4v) is 9.51. The van der Waals surface area contributed by atoms with Gasteiger partial charge in [-0.15, -0.1) is 23.5 Å². The average Bonchev–Trinajstić information content (AvgIpc) is 3.54. The van der Waals surface area contributed by atoms with Gasteiger partial charge in [-0.2, -0.15) is 4.57 Å². The number of hydrogen-bond acceptors (Lipinski definition) is 13. The van der Waals surface area contributed by atoms with Crippen LogP contribution in [0.15, 0.2) is 67.8 Å². The van der Waals surface area contributed by atoms with E-state index in [9.17, 15) is 25.9 Å². The number of anilines is 1. The third-order valence-corrected chi connectivity index (χ3v) is 12.6. The van der Waals surface area contributed by atoms with Crippen LogP contribution in [-0.2, 0) is 26.8 Å². The van der Waals surface area contributed by atoms with E-state index in [0.717, 1.165) is 64.1 Å². The van der Waals surface area contributed by atoms with Gasteiger partial charge in [-0.3, -0.25) is 0 Å². The lowest BCUT2D eigenvalue weighted by molar-refractivity contribution is -0.668. The van der Waals surface area contributed by atoms with Crippen LogP contribution in [0.1, 0.15) is 31.2 Å². The molecule has 16 heteroatoms. The van der Waals surface area contributed by atoms with Gasteiger partial charge in [0.2, 0.25) is 5.52 Å². The summed E-state index contributed by atoms with van der Waals surface area (Å²) in [5.41, 5.74) is 2.81. The quantitative estimate of drug-likeness (QED) is 0.0699. The van der Waals surface area contributed by atoms with Crippen LogP contribution in [0.25, 0.3) is 16.3 Å². The van der Waals surface area contributed by atoms with Gasteiger partial charge in [-0.05, 0) is 49.1 Å². The molecule has 0 bridgehead atoms. The van der Waals surface area contributed by atoms with Crippen LogP contribution in [0.3, 0.4) is 0 Å². The summed E-state index contributed by atoms with van der Waals surface area (Å²) in [5, 5.41) is 1.80. The Morgan fingerprint density at radius 1 is 0.957 bits per heavy atom. The first-order valence-electron chi connectivity index (χ1n) is 14.6. The molecule has 0 unspecified atom stereocenters. The molecule has 0 atom stereocenters. The maximum Gasteiger partial charge on any atom is 0.262 e. The molecule has 0 N–H and O–H groups in total. The minimum atomic E-state index is -4.34. The Bertz CT molecular complexity index is 1920. The molecule has 2 heterocycles. The summed E-state index contributed by atoms with van der Waals surface area (Å²) >= 11 is 6.30. The highest BCUT2D eigenvalue weighted by atomic mass is 32.2. The molecule has 1 aliphatic rings. The molecule has 3 aromatic rings. The van der Waals surface area contributed by atoms with E-state index in [2.05, 4.69) is 12.1 Å². The summed E-state index contributed by atoms with van der Waals surface area (Å²) < 4.78 is 82.2. The first kappa shape index (κ1) is 37.6. The van der Waals surface area contributed by atoms with Crippen LogP contribution in [-0.4, -0.2) is 70.7 Å². The predicted molar refractivity (Wildman–Crippen MR) is 192 cm³/mol. The van der Waals surface area contributed by atoms with Gasteiger partial charge < -0.3 is 23.5 Å². The number of aromatic nitrogens is 1. The van der Waals surface area contributed by atoms with Crippen molar-refractivity contribution in [3.8, 4) is 11.5 Å². The average molecular weight is 758 g/mol. The number of benzene rings is 2. The smallest absolute Gasteiger partial charge is 0.262 e. The lowest BCUT2D eigenvalue weighted by Crippen LogP contribution is -2.36. The second-order valence-electron chi connectivity index (χ2n) is 10.4. The maximum absolute atomic E-state index is 11.3. The zero-order chi connectivity index (χ0) is 34.4. The highest BCUT2D eigenvalue weighted by molar-refractivity contribution is 8.03. The first-order chi connectivity index (χ1) is 22.3. The van der Waals surface area contributed by atoms with E-state index in [0.29, 0.717) is 13.1 Å². The van der Waals surface area contributed by atoms with E-state index in [1.807, 2.05) is 65.3 Å². The number of nitrogens with zero attached hydrogens (tertiary/aromatic N) is 2. The fourth-order valence-electron chi connectivity index (χ4n) is 5.01. The molecule has 0 radical (unpaired) electrons. The van der Waals surface area contributed by atoms with Crippen molar-refractivity contribution in [1.82, 2.24) is 0 Å². The van der Waals surface area contributed by atoms with E-state index in [1.165, 1.54) is 0 Å². The molecule has 1 aromatic heterocycles. The number of fused-ring (bicyclic) bond motifs is 2. The van der Waals surface area contributed by atoms with Gasteiger partial charge >= 0.3 is 0 Å². The van der Waals surface area contributed by atoms with Crippen LogP contribution in [0.2, 0.25) is 0 Å². The van der Waals surface area contributed by atoms with Crippen molar-refractivity contribution < 1.29 is 40.0 Å². The first-order valence-corrected chi connectivity index (χ1v) is 21.8. The van der Waals surface area contributed by atoms with E-state index < -0.39 is 31.7 Å². The molecule has 0 aliphatic carbocycles. The maximum atomic E-state index is 11.3. The number of hydrogen-bond donors (Lipinski definition) is 0. The monoisotopic (exact) mass is 757 g/mol. The molecule has 0 spiro atoms. The van der Waals surface area contributed by atoms with Crippen LogP contribution in [0, 0.1) is 0 Å². The van der Waals surface area contributed by atoms with Crippen molar-refractivity contribution in [3.63, 3.8) is 0 Å². The summed E-state index contributed by atoms with van der Waals surface area (Å²) in [6.07, 6.45) is 13.1. The molecule has 0 saturated carbocycles. The van der Waals surface area contributed by atoms with Crippen LogP contribution in [0.4, 0.5) is 5.69 Å². The molecule has 256 valence electrons. The van der Waals surface area contributed by atoms with Crippen LogP contribution >= 0.6 is 46.6 Å². The van der Waals surface area contributed by atoms with Crippen molar-refractivity contribution in [2.24, 2.45) is 0 Å². The number of rotatable bonds is 16. The number of thiazole rings is 1. The fraction of sp³-hybridized carbons (Fsp3) is 0.387. The molecule has 10 nitrogen and oxygen atoms in total. The summed E-state index contributed by atoms with van der Waals surface area (Å²) in [4.78, 5) is 5.01. The van der Waals surface area contributed by atoms with Gasteiger partial charge in [0.25, 0.3) is 5.01 Å². The van der Waals surface area contributed by atoms with Crippen molar-refractivity contribution in [2.45, 2.75) is 47.4 Å². The minimum absolute atomic E-state index is 0.183. The van der Waals surface area contributed by atoms with Crippen LogP contribution in [0.5, 0.6) is 11.5 Å². The Labute approximate surface area is 293 Å². The Balaban J connectivity index is 1.69. The van der Waals surface area contributed by atoms with E-state index in [4.69, 9.17) is 9.47 Å². The molecule has 2 aromatic carbocycles. The van der Waals surface area contributed by atoms with Crippen molar-refractivity contribution in [3.05, 3.63) is 58.1 Å². The molecule has 0 fully saturated rings.